The number of halogens is 1. The van der Waals surface area contributed by atoms with E-state index in [0.29, 0.717) is 18.7 Å². The third kappa shape index (κ3) is 5.09. The van der Waals surface area contributed by atoms with E-state index in [1.165, 1.54) is 24.8 Å². The van der Waals surface area contributed by atoms with Crippen LogP contribution in [0.1, 0.15) is 28.4 Å². The van der Waals surface area contributed by atoms with Crippen LogP contribution in [0.2, 0.25) is 0 Å². The molecule has 5 nitrogen and oxygen atoms in total. The van der Waals surface area contributed by atoms with Crippen molar-refractivity contribution in [2.75, 3.05) is 36.6 Å². The smallest absolute Gasteiger partial charge is 0.337 e. The first kappa shape index (κ1) is 21.2. The number of hydrogen-bond acceptors (Lipinski definition) is 4. The second-order valence-corrected chi connectivity index (χ2v) is 8.01. The van der Waals surface area contributed by atoms with Gasteiger partial charge >= 0.3 is 12.0 Å². The van der Waals surface area contributed by atoms with Crippen LogP contribution in [0.4, 0.5) is 14.9 Å². The van der Waals surface area contributed by atoms with Crippen molar-refractivity contribution in [2.24, 2.45) is 0 Å². The molecule has 0 aliphatic carbocycles. The molecule has 2 aromatic rings. The van der Waals surface area contributed by atoms with Gasteiger partial charge in [-0.15, -0.1) is 0 Å². The van der Waals surface area contributed by atoms with Crippen LogP contribution in [0.5, 0.6) is 0 Å². The van der Waals surface area contributed by atoms with E-state index < -0.39 is 11.8 Å². The van der Waals surface area contributed by atoms with Crippen LogP contribution in [0.25, 0.3) is 0 Å². The van der Waals surface area contributed by atoms with E-state index in [2.05, 4.69) is 11.7 Å². The van der Waals surface area contributed by atoms with E-state index in [0.717, 1.165) is 29.7 Å². The van der Waals surface area contributed by atoms with Gasteiger partial charge in [0.05, 0.1) is 19.2 Å². The molecule has 0 atom stereocenters. The SMILES string of the molecule is CCc1ccc(N(Cc2ccc(C(=O)OC)cc2F)C(=O)N2CCSCC2)cc1. The molecule has 0 spiro atoms. The molecule has 1 saturated heterocycles. The largest absolute Gasteiger partial charge is 0.465 e. The van der Waals surface area contributed by atoms with Crippen molar-refractivity contribution < 1.29 is 18.7 Å². The molecule has 0 radical (unpaired) electrons. The van der Waals surface area contributed by atoms with Gasteiger partial charge in [-0.3, -0.25) is 4.90 Å². The highest BCUT2D eigenvalue weighted by molar-refractivity contribution is 7.99. The maximum absolute atomic E-state index is 14.7. The van der Waals surface area contributed by atoms with Gasteiger partial charge in [-0.25, -0.2) is 14.0 Å². The normalized spacial score (nSPS) is 13.8. The molecule has 3 rings (SSSR count). The predicted molar refractivity (Wildman–Crippen MR) is 114 cm³/mol. The first-order chi connectivity index (χ1) is 14.0. The summed E-state index contributed by atoms with van der Waals surface area (Å²) in [7, 11) is 1.26. The van der Waals surface area contributed by atoms with E-state index in [-0.39, 0.29) is 18.1 Å². The standard InChI is InChI=1S/C22H25FN2O3S/c1-3-16-4-8-19(9-5-16)25(22(27)24-10-12-29-13-11-24)15-18-7-6-17(14-20(18)23)21(26)28-2/h4-9,14H,3,10-13,15H2,1-2H3. The average molecular weight is 417 g/mol. The van der Waals surface area contributed by atoms with E-state index in [1.807, 2.05) is 40.9 Å². The minimum Gasteiger partial charge on any atom is -0.465 e. The summed E-state index contributed by atoms with van der Waals surface area (Å²) in [6, 6.07) is 11.8. The number of ether oxygens (including phenoxy) is 1. The fourth-order valence-electron chi connectivity index (χ4n) is 3.20. The number of hydrogen-bond donors (Lipinski definition) is 0. The molecule has 29 heavy (non-hydrogen) atoms. The maximum Gasteiger partial charge on any atom is 0.337 e. The van der Waals surface area contributed by atoms with Crippen molar-refractivity contribution in [2.45, 2.75) is 19.9 Å². The molecule has 1 aliphatic heterocycles. The Hall–Kier alpha value is -2.54. The number of aryl methyl sites for hydroxylation is 1. The predicted octanol–water partition coefficient (Wildman–Crippen LogP) is 4.35. The molecule has 1 fully saturated rings. The number of carbonyl (C=O) groups excluding carboxylic acids is 2. The average Bonchev–Trinajstić information content (AvgIpc) is 2.78. The number of thioether (sulfide) groups is 1. The highest BCUT2D eigenvalue weighted by Gasteiger charge is 2.25. The van der Waals surface area contributed by atoms with Gasteiger partial charge in [0.2, 0.25) is 0 Å². The van der Waals surface area contributed by atoms with Crippen molar-refractivity contribution >= 4 is 29.4 Å². The van der Waals surface area contributed by atoms with Gasteiger partial charge in [-0.1, -0.05) is 25.1 Å². The highest BCUT2D eigenvalue weighted by Crippen LogP contribution is 2.23. The third-order valence-corrected chi connectivity index (χ3v) is 5.91. The number of benzene rings is 2. The van der Waals surface area contributed by atoms with Gasteiger partial charge in [0.1, 0.15) is 5.82 Å². The highest BCUT2D eigenvalue weighted by atomic mass is 32.2. The summed E-state index contributed by atoms with van der Waals surface area (Å²) < 4.78 is 19.3. The molecular formula is C22H25FN2O3S. The number of methoxy groups -OCH3 is 1. The van der Waals surface area contributed by atoms with E-state index >= 15 is 0 Å². The van der Waals surface area contributed by atoms with Crippen molar-refractivity contribution in [3.63, 3.8) is 0 Å². The van der Waals surface area contributed by atoms with Crippen molar-refractivity contribution in [1.29, 1.82) is 0 Å². The Bertz CT molecular complexity index is 867. The topological polar surface area (TPSA) is 49.9 Å². The molecule has 1 aliphatic rings. The van der Waals surface area contributed by atoms with Gasteiger partial charge in [-0.05, 0) is 36.2 Å². The van der Waals surface area contributed by atoms with Crippen LogP contribution >= 0.6 is 11.8 Å². The summed E-state index contributed by atoms with van der Waals surface area (Å²) >= 11 is 1.83. The Morgan fingerprint density at radius 1 is 1.14 bits per heavy atom. The zero-order valence-electron chi connectivity index (χ0n) is 16.7. The van der Waals surface area contributed by atoms with Crippen LogP contribution in [0, 0.1) is 5.82 Å². The second kappa shape index (κ2) is 9.78. The second-order valence-electron chi connectivity index (χ2n) is 6.79. The van der Waals surface area contributed by atoms with E-state index in [9.17, 15) is 14.0 Å². The monoisotopic (exact) mass is 416 g/mol. The number of carbonyl (C=O) groups is 2. The molecule has 2 amide bonds. The number of anilines is 1. The van der Waals surface area contributed by atoms with Gasteiger partial charge in [0, 0.05) is 35.8 Å². The summed E-state index contributed by atoms with van der Waals surface area (Å²) in [6.45, 7) is 3.51. The summed E-state index contributed by atoms with van der Waals surface area (Å²) in [5, 5.41) is 0. The van der Waals surface area contributed by atoms with Crippen molar-refractivity contribution in [1.82, 2.24) is 4.90 Å². The quantitative estimate of drug-likeness (QED) is 0.680. The summed E-state index contributed by atoms with van der Waals surface area (Å²) in [4.78, 5) is 28.3. The molecule has 1 heterocycles. The van der Waals surface area contributed by atoms with Crippen LogP contribution in [0.15, 0.2) is 42.5 Å². The lowest BCUT2D eigenvalue weighted by atomic mass is 10.1. The van der Waals surface area contributed by atoms with Gasteiger partial charge < -0.3 is 9.64 Å². The first-order valence-electron chi connectivity index (χ1n) is 9.63. The van der Waals surface area contributed by atoms with Gasteiger partial charge in [0.25, 0.3) is 0 Å². The molecule has 0 aromatic heterocycles. The molecule has 0 unspecified atom stereocenters. The van der Waals surface area contributed by atoms with E-state index in [4.69, 9.17) is 0 Å². The lowest BCUT2D eigenvalue weighted by Crippen LogP contribution is -2.46. The Morgan fingerprint density at radius 2 is 1.83 bits per heavy atom. The number of rotatable bonds is 5. The van der Waals surface area contributed by atoms with Crippen LogP contribution in [-0.2, 0) is 17.7 Å². The molecular weight excluding hydrogens is 391 g/mol. The first-order valence-corrected chi connectivity index (χ1v) is 10.8. The minimum atomic E-state index is -0.593. The van der Waals surface area contributed by atoms with Crippen molar-refractivity contribution in [3.05, 3.63) is 65.0 Å². The van der Waals surface area contributed by atoms with E-state index in [1.54, 1.807) is 4.90 Å². The van der Waals surface area contributed by atoms with Crippen molar-refractivity contribution in [3.8, 4) is 0 Å². The van der Waals surface area contributed by atoms with Gasteiger partial charge in [-0.2, -0.15) is 11.8 Å². The zero-order chi connectivity index (χ0) is 20.8. The third-order valence-electron chi connectivity index (χ3n) is 4.97. The van der Waals surface area contributed by atoms with Crippen LogP contribution in [0.3, 0.4) is 0 Å². The molecule has 2 aromatic carbocycles. The molecule has 154 valence electrons. The number of nitrogens with zero attached hydrogens (tertiary/aromatic N) is 2. The summed E-state index contributed by atoms with van der Waals surface area (Å²) in [5.74, 6) is 0.669. The summed E-state index contributed by atoms with van der Waals surface area (Å²) in [6.07, 6.45) is 0.904. The number of esters is 1. The Balaban J connectivity index is 1.90. The lowest BCUT2D eigenvalue weighted by molar-refractivity contribution is 0.0600. The van der Waals surface area contributed by atoms with Gasteiger partial charge in [0.15, 0.2) is 0 Å². The number of urea groups is 1. The molecule has 0 bridgehead atoms. The van der Waals surface area contributed by atoms with Crippen LogP contribution in [-0.4, -0.2) is 48.6 Å². The Labute approximate surface area is 174 Å². The molecule has 0 N–H and O–H groups in total. The van der Waals surface area contributed by atoms with Crippen LogP contribution < -0.4 is 4.90 Å². The fraction of sp³-hybridized carbons (Fsp3) is 0.364. The Kier molecular flexibility index (Phi) is 7.14. The fourth-order valence-corrected chi connectivity index (χ4v) is 4.10. The summed E-state index contributed by atoms with van der Waals surface area (Å²) in [5.41, 5.74) is 2.38. The number of amides is 2. The zero-order valence-corrected chi connectivity index (χ0v) is 17.5. The molecule has 7 heteroatoms. The lowest BCUT2D eigenvalue weighted by Gasteiger charge is -2.33. The molecule has 0 saturated carbocycles. The Morgan fingerprint density at radius 3 is 2.41 bits per heavy atom. The minimum absolute atomic E-state index is 0.0846. The maximum atomic E-state index is 14.7.